The molecule has 1 amide bonds. The van der Waals surface area contributed by atoms with Crippen molar-refractivity contribution in [2.75, 3.05) is 13.1 Å². The fourth-order valence-electron chi connectivity index (χ4n) is 5.78. The second-order valence-electron chi connectivity index (χ2n) is 10.8. The van der Waals surface area contributed by atoms with Crippen LogP contribution in [0.2, 0.25) is 10.0 Å². The summed E-state index contributed by atoms with van der Waals surface area (Å²) in [5, 5.41) is 6.98. The number of imidazole rings is 1. The number of nitrogens with zero attached hydrogens (tertiary/aromatic N) is 4. The number of hydrogen-bond donors (Lipinski definition) is 3. The lowest BCUT2D eigenvalue weighted by molar-refractivity contribution is 0.0951. The maximum Gasteiger partial charge on any atom is 0.254 e. The van der Waals surface area contributed by atoms with Crippen LogP contribution in [0.15, 0.2) is 79.3 Å². The van der Waals surface area contributed by atoms with E-state index in [0.29, 0.717) is 13.1 Å². The van der Waals surface area contributed by atoms with E-state index in [0.717, 1.165) is 61.3 Å². The molecule has 0 bridgehead atoms. The molecule has 3 heterocycles. The van der Waals surface area contributed by atoms with Gasteiger partial charge < -0.3 is 15.6 Å². The Kier molecular flexibility index (Phi) is 9.29. The molecular formula is C33H33Cl2N7O. The van der Waals surface area contributed by atoms with Gasteiger partial charge >= 0.3 is 0 Å². The largest absolute Gasteiger partial charge is 0.348 e. The van der Waals surface area contributed by atoms with E-state index in [1.54, 1.807) is 0 Å². The molecule has 43 heavy (non-hydrogen) atoms. The van der Waals surface area contributed by atoms with Crippen LogP contribution in [0.4, 0.5) is 0 Å². The first kappa shape index (κ1) is 29.3. The van der Waals surface area contributed by atoms with Gasteiger partial charge in [0.05, 0.1) is 44.9 Å². The fraction of sp³-hybridized carbons (Fsp3) is 0.273. The van der Waals surface area contributed by atoms with Crippen molar-refractivity contribution in [1.29, 1.82) is 0 Å². The highest BCUT2D eigenvalue weighted by Crippen LogP contribution is 2.33. The van der Waals surface area contributed by atoms with Crippen molar-refractivity contribution in [1.82, 2.24) is 35.5 Å². The van der Waals surface area contributed by atoms with Crippen molar-refractivity contribution in [3.05, 3.63) is 123 Å². The SMILES string of the molecule is O=C(NCc1cccc(CN(CCNCc2nc3ccccc3[nH]2)C2CCCc3cccnc32)c1)c1c(Cl)cncc1Cl. The Labute approximate surface area is 260 Å². The van der Waals surface area contributed by atoms with Crippen molar-refractivity contribution < 1.29 is 4.79 Å². The number of pyridine rings is 2. The maximum absolute atomic E-state index is 12.8. The molecule has 1 unspecified atom stereocenters. The van der Waals surface area contributed by atoms with Gasteiger partial charge in [0.1, 0.15) is 5.82 Å². The number of halogens is 2. The number of aromatic amines is 1. The van der Waals surface area contributed by atoms with Gasteiger partial charge in [0.25, 0.3) is 5.91 Å². The topological polar surface area (TPSA) is 98.8 Å². The fourth-order valence-corrected chi connectivity index (χ4v) is 6.31. The van der Waals surface area contributed by atoms with E-state index in [4.69, 9.17) is 33.2 Å². The summed E-state index contributed by atoms with van der Waals surface area (Å²) < 4.78 is 0. The number of H-pyrrole nitrogens is 1. The highest BCUT2D eigenvalue weighted by molar-refractivity contribution is 6.39. The molecule has 0 aliphatic heterocycles. The number of benzene rings is 2. The zero-order valence-electron chi connectivity index (χ0n) is 23.7. The van der Waals surface area contributed by atoms with Gasteiger partial charge in [0.15, 0.2) is 0 Å². The van der Waals surface area contributed by atoms with Gasteiger partial charge in [0.2, 0.25) is 0 Å². The van der Waals surface area contributed by atoms with E-state index in [1.807, 2.05) is 48.7 Å². The summed E-state index contributed by atoms with van der Waals surface area (Å²) in [4.78, 5) is 32.2. The zero-order chi connectivity index (χ0) is 29.6. The van der Waals surface area contributed by atoms with Gasteiger partial charge in [-0.3, -0.25) is 19.7 Å². The first-order valence-corrected chi connectivity index (χ1v) is 15.3. The van der Waals surface area contributed by atoms with E-state index >= 15 is 0 Å². The van der Waals surface area contributed by atoms with Crippen LogP contribution >= 0.6 is 23.2 Å². The molecule has 1 aliphatic rings. The molecule has 1 atom stereocenters. The predicted molar refractivity (Wildman–Crippen MR) is 170 cm³/mol. The average Bonchev–Trinajstić information content (AvgIpc) is 3.44. The molecule has 0 radical (unpaired) electrons. The Morgan fingerprint density at radius 2 is 1.84 bits per heavy atom. The number of aromatic nitrogens is 4. The van der Waals surface area contributed by atoms with E-state index in [1.165, 1.54) is 29.2 Å². The smallest absolute Gasteiger partial charge is 0.254 e. The van der Waals surface area contributed by atoms with Crippen LogP contribution < -0.4 is 10.6 Å². The van der Waals surface area contributed by atoms with Crippen molar-refractivity contribution >= 4 is 40.1 Å². The Balaban J connectivity index is 1.14. The molecule has 3 N–H and O–H groups in total. The standard InChI is InChI=1S/C33H33Cl2N7O/c34-25-18-37-19-26(35)31(25)33(43)39-17-22-6-3-7-23(16-22)21-42(29-12-4-8-24-9-5-13-38-32(24)29)15-14-36-20-30-40-27-10-1-2-11-28(27)41-30/h1-3,5-7,9-11,13,16,18-19,29,36H,4,8,12,14-15,17,20-21H2,(H,39,43)(H,40,41). The Bertz CT molecular complexity index is 1670. The summed E-state index contributed by atoms with van der Waals surface area (Å²) in [5.74, 6) is 0.603. The van der Waals surface area contributed by atoms with Gasteiger partial charge in [-0.25, -0.2) is 4.98 Å². The Morgan fingerprint density at radius 1 is 1.00 bits per heavy atom. The second-order valence-corrected chi connectivity index (χ2v) is 11.6. The van der Waals surface area contributed by atoms with Gasteiger partial charge in [-0.2, -0.15) is 0 Å². The summed E-state index contributed by atoms with van der Waals surface area (Å²) in [5.41, 5.74) is 6.95. The van der Waals surface area contributed by atoms with Crippen molar-refractivity contribution in [3.63, 3.8) is 0 Å². The minimum absolute atomic E-state index is 0.227. The van der Waals surface area contributed by atoms with E-state index in [-0.39, 0.29) is 27.6 Å². The maximum atomic E-state index is 12.8. The lowest BCUT2D eigenvalue weighted by atomic mass is 9.90. The molecule has 10 heteroatoms. The second kappa shape index (κ2) is 13.7. The number of fused-ring (bicyclic) bond motifs is 2. The van der Waals surface area contributed by atoms with E-state index < -0.39 is 0 Å². The summed E-state index contributed by atoms with van der Waals surface area (Å²) in [6, 6.07) is 20.9. The average molecular weight is 615 g/mol. The van der Waals surface area contributed by atoms with Crippen LogP contribution in [0.3, 0.4) is 0 Å². The lowest BCUT2D eigenvalue weighted by Gasteiger charge is -2.35. The third-order valence-electron chi connectivity index (χ3n) is 7.82. The lowest BCUT2D eigenvalue weighted by Crippen LogP contribution is -2.37. The molecule has 6 rings (SSSR count). The molecule has 0 fully saturated rings. The van der Waals surface area contributed by atoms with E-state index in [2.05, 4.69) is 43.7 Å². The molecule has 5 aromatic rings. The molecular weight excluding hydrogens is 581 g/mol. The molecule has 0 saturated carbocycles. The third-order valence-corrected chi connectivity index (χ3v) is 8.40. The van der Waals surface area contributed by atoms with Crippen molar-refractivity contribution in [2.24, 2.45) is 0 Å². The zero-order valence-corrected chi connectivity index (χ0v) is 25.2. The van der Waals surface area contributed by atoms with Crippen LogP contribution in [0.5, 0.6) is 0 Å². The number of rotatable bonds is 11. The van der Waals surface area contributed by atoms with Crippen LogP contribution in [-0.2, 0) is 26.1 Å². The Morgan fingerprint density at radius 3 is 2.70 bits per heavy atom. The Hall–Kier alpha value is -3.82. The van der Waals surface area contributed by atoms with Crippen LogP contribution in [0.25, 0.3) is 11.0 Å². The van der Waals surface area contributed by atoms with Gasteiger partial charge in [0, 0.05) is 44.8 Å². The summed E-state index contributed by atoms with van der Waals surface area (Å²) in [6.45, 7) is 3.44. The van der Waals surface area contributed by atoms with Gasteiger partial charge in [-0.1, -0.05) is 65.7 Å². The summed E-state index contributed by atoms with van der Waals surface area (Å²) >= 11 is 12.4. The van der Waals surface area contributed by atoms with Crippen LogP contribution in [0, 0.1) is 0 Å². The third kappa shape index (κ3) is 7.05. The monoisotopic (exact) mass is 613 g/mol. The molecule has 8 nitrogen and oxygen atoms in total. The van der Waals surface area contributed by atoms with Crippen molar-refractivity contribution in [3.8, 4) is 0 Å². The molecule has 0 spiro atoms. The number of hydrogen-bond acceptors (Lipinski definition) is 6. The number of carbonyl (C=O) groups excluding carboxylic acids is 1. The van der Waals surface area contributed by atoms with Gasteiger partial charge in [-0.15, -0.1) is 0 Å². The molecule has 2 aromatic carbocycles. The molecule has 1 aliphatic carbocycles. The quantitative estimate of drug-likeness (QED) is 0.152. The number of aryl methyl sites for hydroxylation is 1. The normalized spacial score (nSPS) is 14.6. The number of amides is 1. The highest BCUT2D eigenvalue weighted by Gasteiger charge is 2.27. The molecule has 220 valence electrons. The van der Waals surface area contributed by atoms with Crippen LogP contribution in [-0.4, -0.2) is 43.8 Å². The minimum Gasteiger partial charge on any atom is -0.348 e. The minimum atomic E-state index is -0.329. The van der Waals surface area contributed by atoms with E-state index in [9.17, 15) is 4.79 Å². The molecule has 0 saturated heterocycles. The number of carbonyl (C=O) groups is 1. The predicted octanol–water partition coefficient (Wildman–Crippen LogP) is 6.26. The van der Waals surface area contributed by atoms with Gasteiger partial charge in [-0.05, 0) is 54.2 Å². The first-order valence-electron chi connectivity index (χ1n) is 14.5. The summed E-state index contributed by atoms with van der Waals surface area (Å²) in [6.07, 6.45) is 8.01. The molecule has 3 aromatic heterocycles. The number of para-hydroxylation sites is 2. The van der Waals surface area contributed by atoms with Crippen LogP contribution in [0.1, 0.15) is 57.5 Å². The first-order chi connectivity index (χ1) is 21.0. The number of nitrogens with one attached hydrogen (secondary N) is 3. The van der Waals surface area contributed by atoms with Crippen molar-refractivity contribution in [2.45, 2.75) is 44.9 Å². The summed E-state index contributed by atoms with van der Waals surface area (Å²) in [7, 11) is 0. The highest BCUT2D eigenvalue weighted by atomic mass is 35.5.